The summed E-state index contributed by atoms with van der Waals surface area (Å²) in [5.41, 5.74) is 0. The summed E-state index contributed by atoms with van der Waals surface area (Å²) in [6.45, 7) is 2.32. The Kier molecular flexibility index (Phi) is 7.26. The predicted molar refractivity (Wildman–Crippen MR) is 88.8 cm³/mol. The van der Waals surface area contributed by atoms with Gasteiger partial charge in [0.1, 0.15) is 0 Å². The summed E-state index contributed by atoms with van der Waals surface area (Å²) < 4.78 is 0. The van der Waals surface area contributed by atoms with E-state index >= 15 is 0 Å². The molecule has 1 heteroatoms. The summed E-state index contributed by atoms with van der Waals surface area (Å²) in [5, 5.41) is 1.24. The molecular formula is C18H33Br. The highest BCUT2D eigenvalue weighted by Gasteiger charge is 2.30. The molecule has 0 bridgehead atoms. The molecule has 2 saturated carbocycles. The van der Waals surface area contributed by atoms with E-state index in [9.17, 15) is 0 Å². The number of hydrogen-bond acceptors (Lipinski definition) is 0. The fourth-order valence-electron chi connectivity index (χ4n) is 4.45. The first-order chi connectivity index (χ1) is 9.33. The highest BCUT2D eigenvalue weighted by Crippen LogP contribution is 2.42. The van der Waals surface area contributed by atoms with Gasteiger partial charge < -0.3 is 0 Å². The molecule has 0 nitrogen and oxygen atoms in total. The molecule has 0 unspecified atom stereocenters. The second kappa shape index (κ2) is 8.70. The molecule has 0 heterocycles. The second-order valence-electron chi connectivity index (χ2n) is 7.21. The molecule has 0 aliphatic heterocycles. The topological polar surface area (TPSA) is 0 Å². The molecule has 112 valence electrons. The maximum absolute atomic E-state index is 3.66. The van der Waals surface area contributed by atoms with Crippen LogP contribution >= 0.6 is 15.9 Å². The Morgan fingerprint density at radius 2 is 1.26 bits per heavy atom. The standard InChI is InChI=1S/C18H33Br/c1-2-3-4-5-15-6-10-17(11-7-15)18-12-8-16(14-19)9-13-18/h15-18H,2-14H2,1H3/t15-,16?,17-,18?. The lowest BCUT2D eigenvalue weighted by Crippen LogP contribution is -2.26. The Morgan fingerprint density at radius 1 is 0.737 bits per heavy atom. The van der Waals surface area contributed by atoms with Crippen LogP contribution in [0.15, 0.2) is 0 Å². The van der Waals surface area contributed by atoms with E-state index < -0.39 is 0 Å². The molecule has 19 heavy (non-hydrogen) atoms. The van der Waals surface area contributed by atoms with Gasteiger partial charge in [0.15, 0.2) is 0 Å². The van der Waals surface area contributed by atoms with E-state index in [4.69, 9.17) is 0 Å². The van der Waals surface area contributed by atoms with E-state index in [2.05, 4.69) is 22.9 Å². The fraction of sp³-hybridized carbons (Fsp3) is 1.00. The van der Waals surface area contributed by atoms with Gasteiger partial charge in [-0.05, 0) is 62.2 Å². The van der Waals surface area contributed by atoms with Crippen LogP contribution in [0.3, 0.4) is 0 Å². The number of unbranched alkanes of at least 4 members (excludes halogenated alkanes) is 2. The smallest absolute Gasteiger partial charge is 0.00596 e. The molecule has 2 fully saturated rings. The van der Waals surface area contributed by atoms with Crippen LogP contribution in [0.25, 0.3) is 0 Å². The molecule has 0 radical (unpaired) electrons. The van der Waals surface area contributed by atoms with Crippen LogP contribution in [-0.4, -0.2) is 5.33 Å². The quantitative estimate of drug-likeness (QED) is 0.382. The van der Waals surface area contributed by atoms with E-state index in [0.717, 1.165) is 23.7 Å². The molecule has 2 aliphatic rings. The zero-order chi connectivity index (χ0) is 13.5. The Balaban J connectivity index is 1.63. The number of alkyl halides is 1. The van der Waals surface area contributed by atoms with Crippen molar-refractivity contribution < 1.29 is 0 Å². The molecule has 0 aromatic heterocycles. The van der Waals surface area contributed by atoms with Gasteiger partial charge in [-0.2, -0.15) is 0 Å². The van der Waals surface area contributed by atoms with Crippen LogP contribution in [0.5, 0.6) is 0 Å². The molecule has 0 spiro atoms. The van der Waals surface area contributed by atoms with Crippen molar-refractivity contribution in [3.63, 3.8) is 0 Å². The van der Waals surface area contributed by atoms with Crippen LogP contribution in [-0.2, 0) is 0 Å². The highest BCUT2D eigenvalue weighted by atomic mass is 79.9. The Morgan fingerprint density at radius 3 is 1.74 bits per heavy atom. The van der Waals surface area contributed by atoms with Gasteiger partial charge in [0, 0.05) is 5.33 Å². The maximum Gasteiger partial charge on any atom is 0.00596 e. The van der Waals surface area contributed by atoms with Crippen molar-refractivity contribution in [3.05, 3.63) is 0 Å². The summed E-state index contributed by atoms with van der Waals surface area (Å²) in [7, 11) is 0. The molecule has 0 aromatic carbocycles. The van der Waals surface area contributed by atoms with Gasteiger partial charge >= 0.3 is 0 Å². The summed E-state index contributed by atoms with van der Waals surface area (Å²) in [6.07, 6.45) is 18.1. The Hall–Kier alpha value is 0.480. The molecular weight excluding hydrogens is 296 g/mol. The van der Waals surface area contributed by atoms with E-state index in [-0.39, 0.29) is 0 Å². The minimum atomic E-state index is 0.988. The zero-order valence-corrected chi connectivity index (χ0v) is 14.5. The van der Waals surface area contributed by atoms with Crippen molar-refractivity contribution in [1.29, 1.82) is 0 Å². The monoisotopic (exact) mass is 328 g/mol. The van der Waals surface area contributed by atoms with Gasteiger partial charge in [-0.25, -0.2) is 0 Å². The minimum Gasteiger partial charge on any atom is -0.0925 e. The SMILES string of the molecule is CCCCC[C@H]1CC[C@H](C2CCC(CBr)CC2)CC1. The van der Waals surface area contributed by atoms with Gasteiger partial charge in [0.2, 0.25) is 0 Å². The van der Waals surface area contributed by atoms with Crippen LogP contribution < -0.4 is 0 Å². The summed E-state index contributed by atoms with van der Waals surface area (Å²) in [6, 6.07) is 0. The van der Waals surface area contributed by atoms with Crippen LogP contribution in [0.1, 0.15) is 84.0 Å². The molecule has 2 aliphatic carbocycles. The van der Waals surface area contributed by atoms with Gasteiger partial charge in [-0.1, -0.05) is 61.4 Å². The largest absolute Gasteiger partial charge is 0.0925 e. The third-order valence-electron chi connectivity index (χ3n) is 5.88. The first-order valence-corrected chi connectivity index (χ1v) is 10.0. The minimum absolute atomic E-state index is 0.988. The third kappa shape index (κ3) is 5.06. The normalized spacial score (nSPS) is 36.3. The fourth-order valence-corrected chi connectivity index (χ4v) is 5.09. The van der Waals surface area contributed by atoms with E-state index in [1.165, 1.54) is 56.7 Å². The Labute approximate surface area is 129 Å². The van der Waals surface area contributed by atoms with Crippen LogP contribution in [0.2, 0.25) is 0 Å². The van der Waals surface area contributed by atoms with Gasteiger partial charge in [0.25, 0.3) is 0 Å². The Bertz CT molecular complexity index is 222. The number of rotatable bonds is 6. The van der Waals surface area contributed by atoms with Crippen molar-refractivity contribution >= 4 is 15.9 Å². The van der Waals surface area contributed by atoms with Gasteiger partial charge in [-0.15, -0.1) is 0 Å². The zero-order valence-electron chi connectivity index (χ0n) is 12.9. The molecule has 0 atom stereocenters. The predicted octanol–water partition coefficient (Wildman–Crippen LogP) is 6.57. The summed E-state index contributed by atoms with van der Waals surface area (Å²) in [4.78, 5) is 0. The van der Waals surface area contributed by atoms with E-state index in [0.29, 0.717) is 0 Å². The van der Waals surface area contributed by atoms with Crippen molar-refractivity contribution in [2.75, 3.05) is 5.33 Å². The van der Waals surface area contributed by atoms with Crippen molar-refractivity contribution in [2.45, 2.75) is 84.0 Å². The third-order valence-corrected chi connectivity index (χ3v) is 6.80. The van der Waals surface area contributed by atoms with Crippen LogP contribution in [0, 0.1) is 23.7 Å². The highest BCUT2D eigenvalue weighted by molar-refractivity contribution is 9.09. The summed E-state index contributed by atoms with van der Waals surface area (Å²) in [5.74, 6) is 4.26. The van der Waals surface area contributed by atoms with Gasteiger partial charge in [0.05, 0.1) is 0 Å². The number of halogens is 1. The lowest BCUT2D eigenvalue weighted by atomic mass is 9.69. The van der Waals surface area contributed by atoms with Crippen LogP contribution in [0.4, 0.5) is 0 Å². The second-order valence-corrected chi connectivity index (χ2v) is 7.86. The molecule has 0 amide bonds. The first-order valence-electron chi connectivity index (χ1n) is 8.89. The van der Waals surface area contributed by atoms with E-state index in [1.54, 1.807) is 25.7 Å². The van der Waals surface area contributed by atoms with Gasteiger partial charge in [-0.3, -0.25) is 0 Å². The van der Waals surface area contributed by atoms with Crippen molar-refractivity contribution in [3.8, 4) is 0 Å². The average molecular weight is 329 g/mol. The molecule has 0 N–H and O–H groups in total. The lowest BCUT2D eigenvalue weighted by Gasteiger charge is -2.37. The molecule has 2 rings (SSSR count). The summed E-state index contributed by atoms with van der Waals surface area (Å²) >= 11 is 3.66. The molecule has 0 saturated heterocycles. The number of hydrogen-bond donors (Lipinski definition) is 0. The molecule has 0 aromatic rings. The maximum atomic E-state index is 3.66. The first kappa shape index (κ1) is 15.9. The van der Waals surface area contributed by atoms with Crippen molar-refractivity contribution in [2.24, 2.45) is 23.7 Å². The lowest BCUT2D eigenvalue weighted by molar-refractivity contribution is 0.148. The van der Waals surface area contributed by atoms with Crippen molar-refractivity contribution in [1.82, 2.24) is 0 Å². The van der Waals surface area contributed by atoms with E-state index in [1.807, 2.05) is 0 Å². The average Bonchev–Trinajstić information content (AvgIpc) is 2.48.